The van der Waals surface area contributed by atoms with Gasteiger partial charge in [0.2, 0.25) is 0 Å². The summed E-state index contributed by atoms with van der Waals surface area (Å²) < 4.78 is 7.28. The van der Waals surface area contributed by atoms with Crippen molar-refractivity contribution in [3.63, 3.8) is 0 Å². The van der Waals surface area contributed by atoms with Gasteiger partial charge in [0.1, 0.15) is 5.58 Å². The molecule has 3 rings (SSSR count). The molecule has 0 unspecified atom stereocenters. The van der Waals surface area contributed by atoms with Crippen molar-refractivity contribution in [1.82, 2.24) is 5.43 Å². The molecule has 0 radical (unpaired) electrons. The molecule has 0 fully saturated rings. The van der Waals surface area contributed by atoms with Crippen molar-refractivity contribution in [2.75, 3.05) is 0 Å². The Hall–Kier alpha value is -1.92. The lowest BCUT2D eigenvalue weighted by atomic mass is 10.1. The van der Waals surface area contributed by atoms with Crippen LogP contribution in [0.5, 0.6) is 0 Å². The highest BCUT2D eigenvalue weighted by Crippen LogP contribution is 2.30. The monoisotopic (exact) mass is 434 g/mol. The van der Waals surface area contributed by atoms with Gasteiger partial charge in [0.25, 0.3) is 0 Å². The number of nitrogens with zero attached hydrogens (tertiary/aromatic N) is 1. The van der Waals surface area contributed by atoms with Gasteiger partial charge in [-0.2, -0.15) is 5.10 Å². The van der Waals surface area contributed by atoms with Crippen LogP contribution in [0.1, 0.15) is 21.7 Å². The first-order chi connectivity index (χ1) is 11.0. The summed E-state index contributed by atoms with van der Waals surface area (Å²) in [6, 6.07) is 13.2. The number of hydrogen-bond acceptors (Lipinski definition) is 3. The van der Waals surface area contributed by atoms with E-state index in [1.165, 1.54) is 0 Å². The Morgan fingerprint density at radius 1 is 1.22 bits per heavy atom. The van der Waals surface area contributed by atoms with Crippen molar-refractivity contribution < 1.29 is 9.21 Å². The Morgan fingerprint density at radius 3 is 2.78 bits per heavy atom. The highest BCUT2D eigenvalue weighted by Gasteiger charge is 2.14. The minimum absolute atomic E-state index is 0.209. The number of amides is 1. The molecule has 116 valence electrons. The Morgan fingerprint density at radius 2 is 2.00 bits per heavy atom. The van der Waals surface area contributed by atoms with Gasteiger partial charge in [-0.3, -0.25) is 4.79 Å². The average molecular weight is 436 g/mol. The summed E-state index contributed by atoms with van der Waals surface area (Å²) in [5, 5.41) is 4.82. The predicted molar refractivity (Wildman–Crippen MR) is 97.9 cm³/mol. The summed E-state index contributed by atoms with van der Waals surface area (Å²) in [4.78, 5) is 12.1. The van der Waals surface area contributed by atoms with E-state index in [9.17, 15) is 4.79 Å². The number of carbonyl (C=O) groups excluding carboxylic acids is 1. The Bertz CT molecular complexity index is 916. The zero-order chi connectivity index (χ0) is 16.4. The lowest BCUT2D eigenvalue weighted by Gasteiger charge is -1.98. The molecule has 6 heteroatoms. The van der Waals surface area contributed by atoms with Crippen LogP contribution in [0.4, 0.5) is 0 Å². The number of rotatable bonds is 3. The molecule has 4 nitrogen and oxygen atoms in total. The van der Waals surface area contributed by atoms with E-state index in [2.05, 4.69) is 42.4 Å². The first-order valence-corrected chi connectivity index (χ1v) is 8.41. The number of furan rings is 1. The quantitative estimate of drug-likeness (QED) is 0.463. The molecular weight excluding hydrogens is 424 g/mol. The summed E-state index contributed by atoms with van der Waals surface area (Å²) in [6.45, 7) is 1.98. The van der Waals surface area contributed by atoms with E-state index in [-0.39, 0.29) is 5.76 Å². The third kappa shape index (κ3) is 3.54. The van der Waals surface area contributed by atoms with Crippen LogP contribution in [0.15, 0.2) is 60.9 Å². The molecule has 23 heavy (non-hydrogen) atoms. The minimum Gasteiger partial charge on any atom is -0.450 e. The normalized spacial score (nSPS) is 11.3. The van der Waals surface area contributed by atoms with E-state index < -0.39 is 5.91 Å². The van der Waals surface area contributed by atoms with E-state index in [0.717, 1.165) is 25.5 Å². The first kappa shape index (κ1) is 16.0. The van der Waals surface area contributed by atoms with Crippen molar-refractivity contribution in [2.24, 2.45) is 5.10 Å². The van der Waals surface area contributed by atoms with Crippen LogP contribution in [0.25, 0.3) is 11.0 Å². The smallest absolute Gasteiger partial charge is 0.307 e. The molecule has 0 saturated heterocycles. The van der Waals surface area contributed by atoms with Gasteiger partial charge < -0.3 is 4.42 Å². The molecule has 1 amide bonds. The molecule has 0 aliphatic rings. The molecule has 0 bridgehead atoms. The molecule has 0 aliphatic heterocycles. The zero-order valence-corrected chi connectivity index (χ0v) is 15.3. The predicted octanol–water partition coefficient (Wildman–Crippen LogP) is 5.03. The third-order valence-electron chi connectivity index (χ3n) is 3.32. The number of aryl methyl sites for hydroxylation is 1. The molecule has 3 aromatic rings. The second-order valence-electron chi connectivity index (χ2n) is 4.97. The van der Waals surface area contributed by atoms with Gasteiger partial charge in [0.05, 0.1) is 10.7 Å². The zero-order valence-electron chi connectivity index (χ0n) is 12.1. The minimum atomic E-state index is -0.394. The van der Waals surface area contributed by atoms with Crippen molar-refractivity contribution in [3.05, 3.63) is 68.3 Å². The van der Waals surface area contributed by atoms with E-state index in [1.807, 2.05) is 43.3 Å². The van der Waals surface area contributed by atoms with Crippen LogP contribution >= 0.6 is 31.9 Å². The fourth-order valence-corrected chi connectivity index (χ4v) is 3.47. The number of hydrogen-bond donors (Lipinski definition) is 1. The van der Waals surface area contributed by atoms with Gasteiger partial charge >= 0.3 is 5.91 Å². The van der Waals surface area contributed by atoms with Gasteiger partial charge in [0.15, 0.2) is 5.76 Å². The molecule has 1 aromatic heterocycles. The molecular formula is C17H12Br2N2O2. The van der Waals surface area contributed by atoms with Crippen LogP contribution < -0.4 is 5.43 Å². The van der Waals surface area contributed by atoms with Crippen LogP contribution in [0.3, 0.4) is 0 Å². The molecule has 2 aromatic carbocycles. The van der Waals surface area contributed by atoms with E-state index in [0.29, 0.717) is 5.58 Å². The number of benzene rings is 2. The second kappa shape index (κ2) is 6.68. The number of nitrogens with one attached hydrogen (secondary N) is 1. The van der Waals surface area contributed by atoms with Crippen molar-refractivity contribution in [3.8, 4) is 0 Å². The summed E-state index contributed by atoms with van der Waals surface area (Å²) in [7, 11) is 0. The lowest BCUT2D eigenvalue weighted by molar-refractivity contribution is 0.0929. The van der Waals surface area contributed by atoms with Gasteiger partial charge in [0, 0.05) is 9.86 Å². The highest BCUT2D eigenvalue weighted by molar-refractivity contribution is 9.11. The second-order valence-corrected chi connectivity index (χ2v) is 6.74. The van der Waals surface area contributed by atoms with Crippen LogP contribution in [-0.4, -0.2) is 12.1 Å². The van der Waals surface area contributed by atoms with Crippen LogP contribution in [0.2, 0.25) is 0 Å². The van der Waals surface area contributed by atoms with Crippen LogP contribution in [0, 0.1) is 6.92 Å². The highest BCUT2D eigenvalue weighted by atomic mass is 79.9. The molecule has 1 heterocycles. The Kier molecular flexibility index (Phi) is 4.63. The third-order valence-corrected chi connectivity index (χ3v) is 4.36. The maximum Gasteiger partial charge on any atom is 0.307 e. The summed E-state index contributed by atoms with van der Waals surface area (Å²) in [6.07, 6.45) is 1.61. The van der Waals surface area contributed by atoms with Crippen molar-refractivity contribution in [1.29, 1.82) is 0 Å². The Balaban J connectivity index is 1.79. The van der Waals surface area contributed by atoms with Crippen LogP contribution in [-0.2, 0) is 0 Å². The van der Waals surface area contributed by atoms with Gasteiger partial charge in [-0.05, 0) is 52.2 Å². The number of halogens is 2. The maximum absolute atomic E-state index is 12.1. The van der Waals surface area contributed by atoms with E-state index in [4.69, 9.17) is 4.42 Å². The summed E-state index contributed by atoms with van der Waals surface area (Å²) in [5.41, 5.74) is 5.14. The molecule has 1 N–H and O–H groups in total. The standard InChI is InChI=1S/C17H12Br2N2O2/c1-10-4-2-3-5-11(10)9-20-21-17(22)15-7-12-6-13(18)8-14(19)16(12)23-15/h2-9H,1H3,(H,21,22)/b20-9-. The summed E-state index contributed by atoms with van der Waals surface area (Å²) >= 11 is 6.82. The largest absolute Gasteiger partial charge is 0.450 e. The van der Waals surface area contributed by atoms with E-state index in [1.54, 1.807) is 12.3 Å². The molecule has 0 spiro atoms. The SMILES string of the molecule is Cc1ccccc1/C=N\NC(=O)c1cc2cc(Br)cc(Br)c2o1. The number of carbonyl (C=O) groups is 1. The molecule has 0 atom stereocenters. The number of fused-ring (bicyclic) bond motifs is 1. The van der Waals surface area contributed by atoms with Crippen molar-refractivity contribution >= 4 is 55.0 Å². The fraction of sp³-hybridized carbons (Fsp3) is 0.0588. The van der Waals surface area contributed by atoms with Gasteiger partial charge in [-0.15, -0.1) is 0 Å². The van der Waals surface area contributed by atoms with Gasteiger partial charge in [-0.1, -0.05) is 40.2 Å². The average Bonchev–Trinajstić information content (AvgIpc) is 2.93. The summed E-state index contributed by atoms with van der Waals surface area (Å²) in [5.74, 6) is -0.185. The topological polar surface area (TPSA) is 54.6 Å². The number of hydrazone groups is 1. The van der Waals surface area contributed by atoms with Crippen molar-refractivity contribution in [2.45, 2.75) is 6.92 Å². The lowest BCUT2D eigenvalue weighted by Crippen LogP contribution is -2.16. The first-order valence-electron chi connectivity index (χ1n) is 6.82. The Labute approximate surface area is 149 Å². The van der Waals surface area contributed by atoms with Gasteiger partial charge in [-0.25, -0.2) is 5.43 Å². The maximum atomic E-state index is 12.1. The van der Waals surface area contributed by atoms with E-state index >= 15 is 0 Å². The molecule has 0 saturated carbocycles. The molecule has 0 aliphatic carbocycles. The fourth-order valence-electron chi connectivity index (χ4n) is 2.13.